The number of halogens is 2. The van der Waals surface area contributed by atoms with Gasteiger partial charge in [0.1, 0.15) is 11.6 Å². The summed E-state index contributed by atoms with van der Waals surface area (Å²) < 4.78 is 28.0. The van der Waals surface area contributed by atoms with Crippen molar-refractivity contribution in [1.29, 1.82) is 0 Å². The number of H-pyrrole nitrogens is 2. The average molecular weight is 310 g/mol. The number of hydrogen-bond acceptors (Lipinski definition) is 1. The first-order chi connectivity index (χ1) is 11.0. The standard InChI is InChI=1S/C18H12F2N2O/c1-9-3-2-4-11(16(9)20)12-8-15(23)22-18-13-7-10(19)5-6-14(13)21-17(12)18/h2-8,21H,1H3,(H,22,23). The van der Waals surface area contributed by atoms with Gasteiger partial charge < -0.3 is 9.97 Å². The number of benzene rings is 2. The fourth-order valence-electron chi connectivity index (χ4n) is 2.93. The maximum absolute atomic E-state index is 14.5. The predicted octanol–water partition coefficient (Wildman–Crippen LogP) is 4.26. The highest BCUT2D eigenvalue weighted by Gasteiger charge is 2.15. The van der Waals surface area contributed by atoms with Crippen molar-refractivity contribution < 1.29 is 8.78 Å². The van der Waals surface area contributed by atoms with Crippen molar-refractivity contribution in [2.75, 3.05) is 0 Å². The molecule has 0 saturated heterocycles. The van der Waals surface area contributed by atoms with Crippen LogP contribution in [0, 0.1) is 18.6 Å². The lowest BCUT2D eigenvalue weighted by atomic mass is 10.0. The second kappa shape index (κ2) is 4.78. The fraction of sp³-hybridized carbons (Fsp3) is 0.0556. The zero-order chi connectivity index (χ0) is 16.1. The molecule has 5 heteroatoms. The largest absolute Gasteiger partial charge is 0.353 e. The van der Waals surface area contributed by atoms with Crippen molar-refractivity contribution in [2.24, 2.45) is 0 Å². The molecule has 3 nitrogen and oxygen atoms in total. The lowest BCUT2D eigenvalue weighted by molar-refractivity contribution is 0.622. The minimum absolute atomic E-state index is 0.341. The van der Waals surface area contributed by atoms with E-state index in [0.29, 0.717) is 38.6 Å². The Balaban J connectivity index is 2.17. The van der Waals surface area contributed by atoms with E-state index in [1.165, 1.54) is 18.2 Å². The zero-order valence-electron chi connectivity index (χ0n) is 12.2. The second-order valence-corrected chi connectivity index (χ2v) is 5.55. The summed E-state index contributed by atoms with van der Waals surface area (Å²) in [4.78, 5) is 17.9. The van der Waals surface area contributed by atoms with Gasteiger partial charge in [-0.15, -0.1) is 0 Å². The van der Waals surface area contributed by atoms with Gasteiger partial charge in [0.05, 0.1) is 11.0 Å². The van der Waals surface area contributed by atoms with Gasteiger partial charge in [0, 0.05) is 28.1 Å². The molecule has 23 heavy (non-hydrogen) atoms. The predicted molar refractivity (Wildman–Crippen MR) is 86.5 cm³/mol. The van der Waals surface area contributed by atoms with Gasteiger partial charge in [-0.3, -0.25) is 4.79 Å². The van der Waals surface area contributed by atoms with Crippen LogP contribution in [0.2, 0.25) is 0 Å². The van der Waals surface area contributed by atoms with Crippen LogP contribution < -0.4 is 5.56 Å². The number of hydrogen-bond donors (Lipinski definition) is 2. The number of fused-ring (bicyclic) bond motifs is 3. The van der Waals surface area contributed by atoms with Gasteiger partial charge in [-0.05, 0) is 30.7 Å². The van der Waals surface area contributed by atoms with E-state index in [4.69, 9.17) is 0 Å². The SMILES string of the molecule is Cc1cccc(-c2cc(=O)[nH]c3c2[nH]c2ccc(F)cc23)c1F. The number of nitrogens with one attached hydrogen (secondary N) is 2. The van der Waals surface area contributed by atoms with Crippen LogP contribution in [0.25, 0.3) is 33.1 Å². The molecule has 2 aromatic carbocycles. The number of aromatic nitrogens is 2. The van der Waals surface area contributed by atoms with Crippen LogP contribution in [-0.4, -0.2) is 9.97 Å². The molecule has 0 fully saturated rings. The molecular weight excluding hydrogens is 298 g/mol. The first-order valence-electron chi connectivity index (χ1n) is 7.14. The van der Waals surface area contributed by atoms with E-state index in [1.54, 1.807) is 31.2 Å². The molecule has 0 radical (unpaired) electrons. The average Bonchev–Trinajstić information content (AvgIpc) is 2.87. The van der Waals surface area contributed by atoms with E-state index in [1.807, 2.05) is 0 Å². The van der Waals surface area contributed by atoms with E-state index in [-0.39, 0.29) is 11.4 Å². The van der Waals surface area contributed by atoms with Crippen LogP contribution in [0.3, 0.4) is 0 Å². The molecule has 0 aliphatic carbocycles. The summed E-state index contributed by atoms with van der Waals surface area (Å²) >= 11 is 0. The minimum Gasteiger partial charge on any atom is -0.353 e. The molecule has 4 aromatic rings. The van der Waals surface area contributed by atoms with E-state index < -0.39 is 5.82 Å². The summed E-state index contributed by atoms with van der Waals surface area (Å²) in [6.07, 6.45) is 0. The number of rotatable bonds is 1. The lowest BCUT2D eigenvalue weighted by Gasteiger charge is -2.06. The molecule has 2 aromatic heterocycles. The number of aryl methyl sites for hydroxylation is 1. The molecule has 0 amide bonds. The molecule has 0 saturated carbocycles. The monoisotopic (exact) mass is 310 g/mol. The van der Waals surface area contributed by atoms with Gasteiger partial charge in [-0.1, -0.05) is 18.2 Å². The zero-order valence-corrected chi connectivity index (χ0v) is 12.2. The van der Waals surface area contributed by atoms with Gasteiger partial charge >= 0.3 is 0 Å². The van der Waals surface area contributed by atoms with Crippen LogP contribution in [0.4, 0.5) is 8.78 Å². The smallest absolute Gasteiger partial charge is 0.249 e. The Kier molecular flexibility index (Phi) is 2.84. The topological polar surface area (TPSA) is 48.6 Å². The van der Waals surface area contributed by atoms with Crippen molar-refractivity contribution in [3.63, 3.8) is 0 Å². The highest BCUT2D eigenvalue weighted by atomic mass is 19.1. The Hall–Kier alpha value is -2.95. The van der Waals surface area contributed by atoms with Crippen molar-refractivity contribution in [3.8, 4) is 11.1 Å². The third-order valence-corrected chi connectivity index (χ3v) is 4.04. The van der Waals surface area contributed by atoms with Crippen LogP contribution in [0.1, 0.15) is 5.56 Å². The van der Waals surface area contributed by atoms with Crippen molar-refractivity contribution >= 4 is 21.9 Å². The van der Waals surface area contributed by atoms with Crippen LogP contribution >= 0.6 is 0 Å². The molecular formula is C18H12F2N2O. The molecule has 0 atom stereocenters. The molecule has 0 bridgehead atoms. The van der Waals surface area contributed by atoms with E-state index in [0.717, 1.165) is 0 Å². The molecule has 2 heterocycles. The molecule has 0 aliphatic heterocycles. The quantitative estimate of drug-likeness (QED) is 0.542. The normalized spacial score (nSPS) is 11.4. The van der Waals surface area contributed by atoms with Crippen molar-refractivity contribution in [1.82, 2.24) is 9.97 Å². The summed E-state index contributed by atoms with van der Waals surface area (Å²) in [5.74, 6) is -0.768. The Morgan fingerprint density at radius 1 is 0.913 bits per heavy atom. The Labute approximate surface area is 129 Å². The third kappa shape index (κ3) is 2.04. The Morgan fingerprint density at radius 2 is 1.74 bits per heavy atom. The molecule has 114 valence electrons. The van der Waals surface area contributed by atoms with Gasteiger partial charge in [-0.25, -0.2) is 8.78 Å². The molecule has 0 aliphatic rings. The summed E-state index contributed by atoms with van der Waals surface area (Å²) in [5, 5.41) is 0.562. The fourth-order valence-corrected chi connectivity index (χ4v) is 2.93. The van der Waals surface area contributed by atoms with Gasteiger partial charge in [0.15, 0.2) is 0 Å². The molecule has 0 spiro atoms. The van der Waals surface area contributed by atoms with E-state index in [9.17, 15) is 13.6 Å². The third-order valence-electron chi connectivity index (χ3n) is 4.04. The van der Waals surface area contributed by atoms with E-state index >= 15 is 0 Å². The first kappa shape index (κ1) is 13.7. The van der Waals surface area contributed by atoms with Gasteiger partial charge in [0.25, 0.3) is 0 Å². The summed E-state index contributed by atoms with van der Waals surface area (Å²) in [6.45, 7) is 1.67. The highest BCUT2D eigenvalue weighted by molar-refractivity contribution is 6.09. The maximum Gasteiger partial charge on any atom is 0.249 e. The number of pyridine rings is 1. The van der Waals surface area contributed by atoms with Crippen LogP contribution in [0.5, 0.6) is 0 Å². The van der Waals surface area contributed by atoms with Crippen molar-refractivity contribution in [3.05, 3.63) is 70.0 Å². The summed E-state index contributed by atoms with van der Waals surface area (Å²) in [7, 11) is 0. The van der Waals surface area contributed by atoms with Crippen LogP contribution in [-0.2, 0) is 0 Å². The molecule has 0 unspecified atom stereocenters. The first-order valence-corrected chi connectivity index (χ1v) is 7.14. The molecule has 2 N–H and O–H groups in total. The Morgan fingerprint density at radius 3 is 2.57 bits per heavy atom. The highest BCUT2D eigenvalue weighted by Crippen LogP contribution is 2.32. The van der Waals surface area contributed by atoms with Gasteiger partial charge in [0.2, 0.25) is 5.56 Å². The minimum atomic E-state index is -0.397. The lowest BCUT2D eigenvalue weighted by Crippen LogP contribution is -2.05. The van der Waals surface area contributed by atoms with Crippen LogP contribution in [0.15, 0.2) is 47.3 Å². The van der Waals surface area contributed by atoms with E-state index in [2.05, 4.69) is 9.97 Å². The Bertz CT molecular complexity index is 1130. The summed E-state index contributed by atoms with van der Waals surface area (Å²) in [6, 6.07) is 10.7. The maximum atomic E-state index is 14.5. The molecule has 4 rings (SSSR count). The summed E-state index contributed by atoms with van der Waals surface area (Å²) in [5.41, 5.74) is 2.67. The second-order valence-electron chi connectivity index (χ2n) is 5.55. The number of aromatic amines is 2. The van der Waals surface area contributed by atoms with Gasteiger partial charge in [-0.2, -0.15) is 0 Å². The van der Waals surface area contributed by atoms with Crippen molar-refractivity contribution in [2.45, 2.75) is 6.92 Å².